The summed E-state index contributed by atoms with van der Waals surface area (Å²) in [6.07, 6.45) is 2.43. The monoisotopic (exact) mass is 291 g/mol. The van der Waals surface area contributed by atoms with Gasteiger partial charge >= 0.3 is 0 Å². The molecular formula is C12H10BrN3O. The van der Waals surface area contributed by atoms with Crippen LogP contribution in [-0.2, 0) is 6.54 Å². The smallest absolute Gasteiger partial charge is 0.172 e. The minimum absolute atomic E-state index is 0.342. The van der Waals surface area contributed by atoms with Gasteiger partial charge in [0, 0.05) is 10.0 Å². The fourth-order valence-electron chi connectivity index (χ4n) is 1.56. The number of nitrogens with zero attached hydrogens (tertiary/aromatic N) is 3. The Morgan fingerprint density at radius 2 is 2.06 bits per heavy atom. The van der Waals surface area contributed by atoms with Crippen LogP contribution in [0.5, 0.6) is 0 Å². The van der Waals surface area contributed by atoms with Crippen molar-refractivity contribution in [1.29, 1.82) is 0 Å². The van der Waals surface area contributed by atoms with E-state index in [0.29, 0.717) is 24.2 Å². The van der Waals surface area contributed by atoms with E-state index in [2.05, 4.69) is 32.8 Å². The van der Waals surface area contributed by atoms with Crippen LogP contribution in [0.4, 0.5) is 0 Å². The molecule has 0 aliphatic rings. The lowest BCUT2D eigenvalue weighted by atomic mass is 10.1. The number of hydrogen-bond acceptors (Lipinski definition) is 3. The van der Waals surface area contributed by atoms with Crippen molar-refractivity contribution in [3.8, 4) is 11.3 Å². The van der Waals surface area contributed by atoms with Gasteiger partial charge in [-0.3, -0.25) is 4.79 Å². The normalized spacial score (nSPS) is 10.2. The molecule has 86 valence electrons. The number of allylic oxidation sites excluding steroid dienone is 1. The number of rotatable bonds is 4. The largest absolute Gasteiger partial charge is 0.296 e. The second kappa shape index (κ2) is 5.05. The van der Waals surface area contributed by atoms with Gasteiger partial charge < -0.3 is 0 Å². The summed E-state index contributed by atoms with van der Waals surface area (Å²) >= 11 is 3.37. The number of benzene rings is 1. The Bertz CT molecular complexity index is 545. The minimum Gasteiger partial charge on any atom is -0.296 e. The second-order valence-corrected chi connectivity index (χ2v) is 4.33. The third kappa shape index (κ3) is 2.34. The third-order valence-electron chi connectivity index (χ3n) is 2.29. The van der Waals surface area contributed by atoms with Crippen LogP contribution in [0.3, 0.4) is 0 Å². The highest BCUT2D eigenvalue weighted by Crippen LogP contribution is 2.23. The lowest BCUT2D eigenvalue weighted by molar-refractivity contribution is 0.111. The third-order valence-corrected chi connectivity index (χ3v) is 2.82. The van der Waals surface area contributed by atoms with Crippen LogP contribution >= 0.6 is 15.9 Å². The molecule has 0 amide bonds. The molecule has 1 aromatic carbocycles. The standard InChI is InChI=1S/C12H10BrN3O/c1-2-7-16-12(11(8-17)14-15-16)9-3-5-10(13)6-4-9/h2-6,8H,1,7H2. The van der Waals surface area contributed by atoms with Crippen LogP contribution in [0.2, 0.25) is 0 Å². The van der Waals surface area contributed by atoms with Crippen LogP contribution in [0.25, 0.3) is 11.3 Å². The zero-order valence-corrected chi connectivity index (χ0v) is 10.6. The maximum atomic E-state index is 10.9. The van der Waals surface area contributed by atoms with Gasteiger partial charge in [-0.05, 0) is 12.1 Å². The molecule has 0 saturated heterocycles. The summed E-state index contributed by atoms with van der Waals surface area (Å²) in [4.78, 5) is 10.9. The summed E-state index contributed by atoms with van der Waals surface area (Å²) in [7, 11) is 0. The lowest BCUT2D eigenvalue weighted by Crippen LogP contribution is -2.00. The molecule has 2 aromatic rings. The topological polar surface area (TPSA) is 47.8 Å². The van der Waals surface area contributed by atoms with Crippen LogP contribution in [0, 0.1) is 0 Å². The number of halogens is 1. The molecule has 0 saturated carbocycles. The summed E-state index contributed by atoms with van der Waals surface area (Å²) < 4.78 is 2.64. The molecule has 4 nitrogen and oxygen atoms in total. The van der Waals surface area contributed by atoms with E-state index in [0.717, 1.165) is 10.0 Å². The summed E-state index contributed by atoms with van der Waals surface area (Å²) in [5, 5.41) is 7.77. The summed E-state index contributed by atoms with van der Waals surface area (Å²) in [6, 6.07) is 7.65. The van der Waals surface area contributed by atoms with Crippen molar-refractivity contribution in [3.05, 3.63) is 47.1 Å². The lowest BCUT2D eigenvalue weighted by Gasteiger charge is -2.04. The fraction of sp³-hybridized carbons (Fsp3) is 0.0833. The predicted octanol–water partition coefficient (Wildman–Crippen LogP) is 2.71. The number of hydrogen-bond donors (Lipinski definition) is 0. The highest BCUT2D eigenvalue weighted by molar-refractivity contribution is 9.10. The van der Waals surface area contributed by atoms with E-state index in [1.54, 1.807) is 10.8 Å². The fourth-order valence-corrected chi connectivity index (χ4v) is 1.82. The Hall–Kier alpha value is -1.75. The zero-order valence-electron chi connectivity index (χ0n) is 9.01. The van der Waals surface area contributed by atoms with Crippen molar-refractivity contribution in [2.24, 2.45) is 0 Å². The van der Waals surface area contributed by atoms with Crippen LogP contribution in [-0.4, -0.2) is 21.3 Å². The maximum absolute atomic E-state index is 10.9. The minimum atomic E-state index is 0.342. The van der Waals surface area contributed by atoms with E-state index in [9.17, 15) is 4.79 Å². The Morgan fingerprint density at radius 1 is 1.35 bits per heavy atom. The molecule has 0 unspecified atom stereocenters. The van der Waals surface area contributed by atoms with E-state index < -0.39 is 0 Å². The summed E-state index contributed by atoms with van der Waals surface area (Å²) in [5.74, 6) is 0. The Kier molecular flexibility index (Phi) is 3.49. The van der Waals surface area contributed by atoms with Gasteiger partial charge in [-0.1, -0.05) is 39.4 Å². The van der Waals surface area contributed by atoms with Gasteiger partial charge in [0.2, 0.25) is 0 Å². The van der Waals surface area contributed by atoms with E-state index in [4.69, 9.17) is 0 Å². The molecule has 0 N–H and O–H groups in total. The van der Waals surface area contributed by atoms with Crippen molar-refractivity contribution in [2.45, 2.75) is 6.54 Å². The molecule has 5 heteroatoms. The first-order chi connectivity index (χ1) is 8.26. The average Bonchev–Trinajstić information content (AvgIpc) is 2.74. The van der Waals surface area contributed by atoms with Crippen molar-refractivity contribution in [2.75, 3.05) is 0 Å². The summed E-state index contributed by atoms with van der Waals surface area (Å²) in [6.45, 7) is 4.18. The molecule has 0 aliphatic carbocycles. The van der Waals surface area contributed by atoms with E-state index in [-0.39, 0.29) is 0 Å². The van der Waals surface area contributed by atoms with Gasteiger partial charge in [0.15, 0.2) is 12.0 Å². The first-order valence-electron chi connectivity index (χ1n) is 5.01. The molecular weight excluding hydrogens is 282 g/mol. The predicted molar refractivity (Wildman–Crippen MR) is 68.7 cm³/mol. The van der Waals surface area contributed by atoms with Gasteiger partial charge in [-0.25, -0.2) is 4.68 Å². The molecule has 1 heterocycles. The molecule has 0 bridgehead atoms. The van der Waals surface area contributed by atoms with Gasteiger partial charge in [0.1, 0.15) is 0 Å². The Balaban J connectivity index is 2.55. The van der Waals surface area contributed by atoms with E-state index in [1.165, 1.54) is 0 Å². The van der Waals surface area contributed by atoms with Crippen molar-refractivity contribution in [3.63, 3.8) is 0 Å². The van der Waals surface area contributed by atoms with Crippen LogP contribution < -0.4 is 0 Å². The molecule has 0 aliphatic heterocycles. The maximum Gasteiger partial charge on any atom is 0.172 e. The number of carbonyl (C=O) groups is 1. The van der Waals surface area contributed by atoms with Gasteiger partial charge in [-0.2, -0.15) is 0 Å². The molecule has 0 fully saturated rings. The second-order valence-electron chi connectivity index (χ2n) is 3.42. The molecule has 0 radical (unpaired) electrons. The van der Waals surface area contributed by atoms with E-state index >= 15 is 0 Å². The van der Waals surface area contributed by atoms with Gasteiger partial charge in [-0.15, -0.1) is 11.7 Å². The average molecular weight is 292 g/mol. The SMILES string of the molecule is C=CCn1nnc(C=O)c1-c1ccc(Br)cc1. The van der Waals surface area contributed by atoms with E-state index in [1.807, 2.05) is 24.3 Å². The Labute approximate surface area is 107 Å². The van der Waals surface area contributed by atoms with Crippen LogP contribution in [0.1, 0.15) is 10.5 Å². The number of aldehydes is 1. The first-order valence-corrected chi connectivity index (χ1v) is 5.81. The molecule has 2 rings (SSSR count). The molecule has 17 heavy (non-hydrogen) atoms. The Morgan fingerprint density at radius 3 is 2.65 bits per heavy atom. The van der Waals surface area contributed by atoms with Gasteiger partial charge in [0.25, 0.3) is 0 Å². The summed E-state index contributed by atoms with van der Waals surface area (Å²) in [5.41, 5.74) is 1.96. The zero-order chi connectivity index (χ0) is 12.3. The van der Waals surface area contributed by atoms with Crippen LogP contribution in [0.15, 0.2) is 41.4 Å². The molecule has 0 spiro atoms. The molecule has 0 atom stereocenters. The first kappa shape index (κ1) is 11.7. The quantitative estimate of drug-likeness (QED) is 0.643. The number of carbonyl (C=O) groups excluding carboxylic acids is 1. The number of aromatic nitrogens is 3. The van der Waals surface area contributed by atoms with Crippen molar-refractivity contribution < 1.29 is 4.79 Å². The highest BCUT2D eigenvalue weighted by atomic mass is 79.9. The van der Waals surface area contributed by atoms with Crippen molar-refractivity contribution in [1.82, 2.24) is 15.0 Å². The highest BCUT2D eigenvalue weighted by Gasteiger charge is 2.13. The molecule has 1 aromatic heterocycles. The van der Waals surface area contributed by atoms with Gasteiger partial charge in [0.05, 0.1) is 12.2 Å². The van der Waals surface area contributed by atoms with Crippen molar-refractivity contribution >= 4 is 22.2 Å².